The molecular weight excluding hydrogens is 250 g/mol. The van der Waals surface area contributed by atoms with Gasteiger partial charge >= 0.3 is 0 Å². The van der Waals surface area contributed by atoms with Crippen molar-refractivity contribution in [3.05, 3.63) is 63.4 Å². The molecule has 0 atom stereocenters. The highest BCUT2D eigenvalue weighted by atomic mass is 16.1. The summed E-state index contributed by atoms with van der Waals surface area (Å²) in [5.41, 5.74) is 4.52. The van der Waals surface area contributed by atoms with Crippen molar-refractivity contribution in [2.45, 2.75) is 20.8 Å². The Balaban J connectivity index is 2.36. The van der Waals surface area contributed by atoms with Crippen LogP contribution in [0.25, 0.3) is 16.6 Å². The summed E-state index contributed by atoms with van der Waals surface area (Å²) in [5.74, 6) is 0. The van der Waals surface area contributed by atoms with Crippen molar-refractivity contribution in [3.8, 4) is 5.69 Å². The van der Waals surface area contributed by atoms with Gasteiger partial charge in [-0.05, 0) is 44.0 Å². The molecule has 1 heterocycles. The van der Waals surface area contributed by atoms with Crippen molar-refractivity contribution in [2.75, 3.05) is 0 Å². The molecule has 0 unspecified atom stereocenters. The topological polar surface area (TPSA) is 47.8 Å². The van der Waals surface area contributed by atoms with Gasteiger partial charge in [-0.1, -0.05) is 35.0 Å². The van der Waals surface area contributed by atoms with E-state index in [4.69, 9.17) is 0 Å². The third kappa shape index (κ3) is 1.90. The Morgan fingerprint density at radius 3 is 2.35 bits per heavy atom. The summed E-state index contributed by atoms with van der Waals surface area (Å²) in [6, 6.07) is 11.4. The summed E-state index contributed by atoms with van der Waals surface area (Å²) in [4.78, 5) is 12.6. The molecule has 0 spiro atoms. The van der Waals surface area contributed by atoms with E-state index >= 15 is 0 Å². The number of aryl methyl sites for hydroxylation is 3. The van der Waals surface area contributed by atoms with Crippen LogP contribution in [0.3, 0.4) is 0 Å². The number of hydrogen-bond acceptors (Lipinski definition) is 3. The van der Waals surface area contributed by atoms with Gasteiger partial charge in [0.05, 0.1) is 11.1 Å². The van der Waals surface area contributed by atoms with Crippen LogP contribution in [0.2, 0.25) is 0 Å². The number of rotatable bonds is 1. The maximum Gasteiger partial charge on any atom is 0.282 e. The van der Waals surface area contributed by atoms with Crippen LogP contribution >= 0.6 is 0 Å². The van der Waals surface area contributed by atoms with Crippen molar-refractivity contribution in [1.82, 2.24) is 15.0 Å². The number of hydrogen-bond donors (Lipinski definition) is 0. The molecule has 0 aliphatic heterocycles. The Bertz CT molecular complexity index is 842. The predicted molar refractivity (Wildman–Crippen MR) is 79.3 cm³/mol. The van der Waals surface area contributed by atoms with Gasteiger partial charge in [0, 0.05) is 0 Å². The van der Waals surface area contributed by atoms with Crippen molar-refractivity contribution in [1.29, 1.82) is 0 Å². The lowest BCUT2D eigenvalue weighted by atomic mass is 10.1. The molecule has 3 rings (SSSR count). The second kappa shape index (κ2) is 4.56. The van der Waals surface area contributed by atoms with Gasteiger partial charge in [-0.2, -0.15) is 4.68 Å². The summed E-state index contributed by atoms with van der Waals surface area (Å²) in [6.07, 6.45) is 0. The molecule has 1 aromatic heterocycles. The van der Waals surface area contributed by atoms with E-state index in [9.17, 15) is 4.79 Å². The Morgan fingerprint density at radius 2 is 1.65 bits per heavy atom. The molecule has 0 radical (unpaired) electrons. The van der Waals surface area contributed by atoms with E-state index in [0.29, 0.717) is 10.9 Å². The van der Waals surface area contributed by atoms with Crippen molar-refractivity contribution in [2.24, 2.45) is 0 Å². The maximum atomic E-state index is 12.6. The molecule has 4 heteroatoms. The molecule has 0 fully saturated rings. The largest absolute Gasteiger partial charge is 0.282 e. The number of aromatic nitrogens is 3. The normalized spacial score (nSPS) is 10.9. The molecule has 2 aromatic carbocycles. The van der Waals surface area contributed by atoms with Gasteiger partial charge < -0.3 is 0 Å². The van der Waals surface area contributed by atoms with E-state index in [1.165, 1.54) is 10.2 Å². The van der Waals surface area contributed by atoms with Crippen LogP contribution in [0.1, 0.15) is 16.7 Å². The van der Waals surface area contributed by atoms with Gasteiger partial charge in [-0.25, -0.2) is 0 Å². The number of benzene rings is 2. The Kier molecular flexibility index (Phi) is 2.86. The highest BCUT2D eigenvalue weighted by Gasteiger charge is 2.11. The van der Waals surface area contributed by atoms with E-state index < -0.39 is 0 Å². The fraction of sp³-hybridized carbons (Fsp3) is 0.188. The summed E-state index contributed by atoms with van der Waals surface area (Å²) < 4.78 is 1.40. The Labute approximate surface area is 116 Å². The minimum atomic E-state index is -0.134. The second-order valence-electron chi connectivity index (χ2n) is 5.07. The van der Waals surface area contributed by atoms with Crippen LogP contribution in [-0.4, -0.2) is 15.0 Å². The Hall–Kier alpha value is -2.49. The van der Waals surface area contributed by atoms with Crippen molar-refractivity contribution in [3.63, 3.8) is 0 Å². The van der Waals surface area contributed by atoms with Crippen molar-refractivity contribution < 1.29 is 0 Å². The third-order valence-electron chi connectivity index (χ3n) is 3.42. The molecule has 0 amide bonds. The Morgan fingerprint density at radius 1 is 1.00 bits per heavy atom. The monoisotopic (exact) mass is 265 g/mol. The first-order valence-electron chi connectivity index (χ1n) is 6.51. The van der Waals surface area contributed by atoms with Crippen LogP contribution in [0.15, 0.2) is 41.2 Å². The molecule has 20 heavy (non-hydrogen) atoms. The van der Waals surface area contributed by atoms with Crippen LogP contribution < -0.4 is 5.56 Å². The van der Waals surface area contributed by atoms with Crippen LogP contribution in [0.5, 0.6) is 0 Å². The molecule has 0 aliphatic carbocycles. The lowest BCUT2D eigenvalue weighted by Gasteiger charge is -2.12. The first-order valence-corrected chi connectivity index (χ1v) is 6.51. The van der Waals surface area contributed by atoms with E-state index in [2.05, 4.69) is 10.3 Å². The zero-order valence-electron chi connectivity index (χ0n) is 11.7. The van der Waals surface area contributed by atoms with Gasteiger partial charge in [-0.15, -0.1) is 5.10 Å². The molecule has 0 saturated heterocycles. The zero-order chi connectivity index (χ0) is 14.3. The minimum Gasteiger partial charge on any atom is -0.267 e. The molecule has 0 aliphatic rings. The molecule has 100 valence electrons. The van der Waals surface area contributed by atoms with E-state index in [-0.39, 0.29) is 5.56 Å². The first-order chi connectivity index (χ1) is 9.58. The van der Waals surface area contributed by atoms with Crippen LogP contribution in [-0.2, 0) is 0 Å². The summed E-state index contributed by atoms with van der Waals surface area (Å²) in [7, 11) is 0. The van der Waals surface area contributed by atoms with Gasteiger partial charge in [-0.3, -0.25) is 4.79 Å². The number of nitrogens with zero attached hydrogens (tertiary/aromatic N) is 3. The van der Waals surface area contributed by atoms with Crippen LogP contribution in [0.4, 0.5) is 0 Å². The standard InChI is InChI=1S/C16H15N3O/c1-10-8-11(2)15(12(3)9-10)19-16(20)13-6-4-5-7-14(13)17-18-19/h4-9H,1-3H3. The summed E-state index contributed by atoms with van der Waals surface area (Å²) in [6.45, 7) is 6.01. The van der Waals surface area contributed by atoms with E-state index in [1.54, 1.807) is 12.1 Å². The predicted octanol–water partition coefficient (Wildman–Crippen LogP) is 2.71. The summed E-state index contributed by atoms with van der Waals surface area (Å²) >= 11 is 0. The molecule has 0 N–H and O–H groups in total. The minimum absolute atomic E-state index is 0.134. The molecule has 4 nitrogen and oxygen atoms in total. The molecule has 3 aromatic rings. The molecular formula is C16H15N3O. The quantitative estimate of drug-likeness (QED) is 0.679. The fourth-order valence-electron chi connectivity index (χ4n) is 2.64. The van der Waals surface area contributed by atoms with E-state index in [0.717, 1.165) is 16.8 Å². The van der Waals surface area contributed by atoms with Crippen LogP contribution in [0, 0.1) is 20.8 Å². The zero-order valence-corrected chi connectivity index (χ0v) is 11.7. The second-order valence-corrected chi connectivity index (χ2v) is 5.07. The number of fused-ring (bicyclic) bond motifs is 1. The van der Waals surface area contributed by atoms with Crippen molar-refractivity contribution >= 4 is 10.9 Å². The summed E-state index contributed by atoms with van der Waals surface area (Å²) in [5, 5.41) is 8.80. The average molecular weight is 265 g/mol. The fourth-order valence-corrected chi connectivity index (χ4v) is 2.64. The van der Waals surface area contributed by atoms with Gasteiger partial charge in [0.2, 0.25) is 0 Å². The third-order valence-corrected chi connectivity index (χ3v) is 3.42. The first kappa shape index (κ1) is 12.5. The van der Waals surface area contributed by atoms with E-state index in [1.807, 2.05) is 45.0 Å². The van der Waals surface area contributed by atoms with Gasteiger partial charge in [0.15, 0.2) is 0 Å². The molecule has 0 saturated carbocycles. The van der Waals surface area contributed by atoms with Gasteiger partial charge in [0.25, 0.3) is 5.56 Å². The smallest absolute Gasteiger partial charge is 0.267 e. The highest BCUT2D eigenvalue weighted by molar-refractivity contribution is 5.76. The average Bonchev–Trinajstić information content (AvgIpc) is 2.40. The lowest BCUT2D eigenvalue weighted by molar-refractivity contribution is 0.730. The van der Waals surface area contributed by atoms with Gasteiger partial charge in [0.1, 0.15) is 5.52 Å². The maximum absolute atomic E-state index is 12.6. The highest BCUT2D eigenvalue weighted by Crippen LogP contribution is 2.19. The lowest BCUT2D eigenvalue weighted by Crippen LogP contribution is -2.24. The SMILES string of the molecule is Cc1cc(C)c(-n2nnc3ccccc3c2=O)c(C)c1. The molecule has 0 bridgehead atoms.